The minimum absolute atomic E-state index is 0.208. The van der Waals surface area contributed by atoms with E-state index in [0.717, 1.165) is 86.6 Å². The largest absolute Gasteiger partial charge is 0.342 e. The van der Waals surface area contributed by atoms with Crippen LogP contribution in [0.4, 0.5) is 0 Å². The maximum absolute atomic E-state index is 13.5. The summed E-state index contributed by atoms with van der Waals surface area (Å²) >= 11 is 0. The maximum atomic E-state index is 13.5. The van der Waals surface area contributed by atoms with Gasteiger partial charge >= 0.3 is 0 Å². The lowest BCUT2D eigenvalue weighted by Gasteiger charge is -2.32. The van der Waals surface area contributed by atoms with Crippen molar-refractivity contribution in [1.29, 1.82) is 0 Å². The van der Waals surface area contributed by atoms with Gasteiger partial charge in [0.05, 0.1) is 17.8 Å². The Morgan fingerprint density at radius 2 is 1.76 bits per heavy atom. The number of pyridine rings is 1. The predicted octanol–water partition coefficient (Wildman–Crippen LogP) is 3.57. The molecule has 9 nitrogen and oxygen atoms in total. The minimum atomic E-state index is -0.208. The van der Waals surface area contributed by atoms with Gasteiger partial charge in [-0.3, -0.25) is 24.7 Å². The number of amides is 1. The fourth-order valence-corrected chi connectivity index (χ4v) is 6.15. The fourth-order valence-electron chi connectivity index (χ4n) is 6.15. The summed E-state index contributed by atoms with van der Waals surface area (Å²) in [5.74, 6) is -0.208. The van der Waals surface area contributed by atoms with Gasteiger partial charge in [-0.15, -0.1) is 0 Å². The zero-order valence-electron chi connectivity index (χ0n) is 23.8. The van der Waals surface area contributed by atoms with Crippen molar-refractivity contribution in [3.8, 4) is 11.1 Å². The number of allylic oxidation sites excluding steroid dienone is 1. The van der Waals surface area contributed by atoms with Crippen molar-refractivity contribution in [3.63, 3.8) is 0 Å². The van der Waals surface area contributed by atoms with Crippen LogP contribution in [0.2, 0.25) is 0 Å². The van der Waals surface area contributed by atoms with Gasteiger partial charge in [0.25, 0.3) is 5.91 Å². The van der Waals surface area contributed by atoms with Gasteiger partial charge in [0.2, 0.25) is 0 Å². The first kappa shape index (κ1) is 26.1. The molecule has 3 saturated heterocycles. The third-order valence-electron chi connectivity index (χ3n) is 8.61. The van der Waals surface area contributed by atoms with Crippen LogP contribution < -0.4 is 5.32 Å². The van der Waals surface area contributed by atoms with Crippen LogP contribution in [0.1, 0.15) is 35.3 Å². The molecule has 41 heavy (non-hydrogen) atoms. The zero-order chi connectivity index (χ0) is 27.8. The van der Waals surface area contributed by atoms with E-state index in [-0.39, 0.29) is 5.91 Å². The van der Waals surface area contributed by atoms with Crippen LogP contribution in [-0.2, 0) is 6.54 Å². The summed E-state index contributed by atoms with van der Waals surface area (Å²) < 4.78 is 0. The highest BCUT2D eigenvalue weighted by atomic mass is 16.2. The number of rotatable bonds is 7. The highest BCUT2D eigenvalue weighted by Gasteiger charge is 2.27. The van der Waals surface area contributed by atoms with Crippen LogP contribution in [-0.4, -0.2) is 100 Å². The quantitative estimate of drug-likeness (QED) is 0.435. The molecule has 0 radical (unpaired) electrons. The third-order valence-corrected chi connectivity index (χ3v) is 8.61. The minimum Gasteiger partial charge on any atom is -0.342 e. The molecular formula is C32H38N8O. The van der Waals surface area contributed by atoms with Crippen molar-refractivity contribution < 1.29 is 4.79 Å². The number of carbonyl (C=O) groups is 1. The van der Waals surface area contributed by atoms with E-state index in [9.17, 15) is 4.79 Å². The molecule has 0 unspecified atom stereocenters. The molecular weight excluding hydrogens is 512 g/mol. The topological polar surface area (TPSA) is 83.4 Å². The van der Waals surface area contributed by atoms with E-state index < -0.39 is 0 Å². The predicted molar refractivity (Wildman–Crippen MR) is 161 cm³/mol. The number of benzene rings is 1. The van der Waals surface area contributed by atoms with E-state index in [1.807, 2.05) is 30.7 Å². The van der Waals surface area contributed by atoms with E-state index in [1.54, 1.807) is 0 Å². The van der Waals surface area contributed by atoms with Crippen molar-refractivity contribution in [1.82, 2.24) is 40.1 Å². The van der Waals surface area contributed by atoms with Gasteiger partial charge in [-0.2, -0.15) is 5.10 Å². The van der Waals surface area contributed by atoms with Crippen molar-refractivity contribution in [3.05, 3.63) is 83.2 Å². The lowest BCUT2D eigenvalue weighted by atomic mass is 10.0. The molecule has 212 valence electrons. The molecule has 0 spiro atoms. The summed E-state index contributed by atoms with van der Waals surface area (Å²) in [5, 5.41) is 11.4. The molecule has 1 amide bonds. The van der Waals surface area contributed by atoms with E-state index in [4.69, 9.17) is 0 Å². The molecule has 0 aliphatic carbocycles. The summed E-state index contributed by atoms with van der Waals surface area (Å²) in [7, 11) is 2.18. The number of aromatic nitrogens is 3. The molecule has 2 N–H and O–H groups in total. The van der Waals surface area contributed by atoms with Crippen molar-refractivity contribution in [2.75, 3.05) is 59.4 Å². The monoisotopic (exact) mass is 550 g/mol. The highest BCUT2D eigenvalue weighted by molar-refractivity contribution is 6.06. The fraction of sp³-hybridized carbons (Fsp3) is 0.406. The van der Waals surface area contributed by atoms with Crippen LogP contribution in [0.25, 0.3) is 22.0 Å². The Labute approximate surface area is 241 Å². The number of hydrogen-bond donors (Lipinski definition) is 2. The van der Waals surface area contributed by atoms with Gasteiger partial charge in [-0.05, 0) is 80.0 Å². The van der Waals surface area contributed by atoms with Gasteiger partial charge in [0, 0.05) is 74.5 Å². The molecule has 7 rings (SSSR count). The van der Waals surface area contributed by atoms with Crippen LogP contribution in [0.15, 0.2) is 72.0 Å². The first-order valence-corrected chi connectivity index (χ1v) is 14.8. The molecule has 3 fully saturated rings. The van der Waals surface area contributed by atoms with Crippen LogP contribution in [0.3, 0.4) is 0 Å². The van der Waals surface area contributed by atoms with Crippen molar-refractivity contribution in [2.45, 2.75) is 25.8 Å². The Morgan fingerprint density at radius 1 is 0.927 bits per heavy atom. The van der Waals surface area contributed by atoms with Gasteiger partial charge in [0.1, 0.15) is 0 Å². The molecule has 1 aromatic carbocycles. The number of likely N-dealkylation sites (N-methyl/N-ethyl adjacent to an activating group) is 1. The van der Waals surface area contributed by atoms with Crippen molar-refractivity contribution in [2.24, 2.45) is 0 Å². The zero-order valence-corrected chi connectivity index (χ0v) is 23.8. The average Bonchev–Trinajstić information content (AvgIpc) is 3.59. The first-order chi connectivity index (χ1) is 20.1. The maximum Gasteiger partial charge on any atom is 0.276 e. The van der Waals surface area contributed by atoms with Gasteiger partial charge < -0.3 is 15.1 Å². The normalized spacial score (nSPS) is 20.2. The number of H-pyrrole nitrogens is 1. The molecule has 3 aromatic rings. The summed E-state index contributed by atoms with van der Waals surface area (Å²) in [6, 6.07) is 8.32. The van der Waals surface area contributed by atoms with E-state index in [2.05, 4.69) is 71.4 Å². The van der Waals surface area contributed by atoms with E-state index >= 15 is 0 Å². The summed E-state index contributed by atoms with van der Waals surface area (Å²) in [6.07, 6.45) is 14.1. The summed E-state index contributed by atoms with van der Waals surface area (Å²) in [5.41, 5.74) is 7.86. The number of likely N-dealkylation sites (tertiary alicyclic amines) is 1. The SMILES string of the molecule is CN1CCN(Cc2cncc(-c3ccc4[nH]nc(C(=O)NC5=CN6CC6=CC(CN6CCCCC6)=C5)c4c3)c2)CC1. The Morgan fingerprint density at radius 3 is 2.61 bits per heavy atom. The lowest BCUT2D eigenvalue weighted by molar-refractivity contribution is 0.0963. The smallest absolute Gasteiger partial charge is 0.276 e. The van der Waals surface area contributed by atoms with Gasteiger partial charge in [-0.25, -0.2) is 0 Å². The molecule has 0 saturated carbocycles. The second-order valence-electron chi connectivity index (χ2n) is 11.9. The molecule has 0 atom stereocenters. The van der Waals surface area contributed by atoms with E-state index in [1.165, 1.54) is 36.1 Å². The van der Waals surface area contributed by atoms with Gasteiger partial charge in [0.15, 0.2) is 5.69 Å². The number of nitrogens with one attached hydrogen (secondary N) is 2. The molecule has 6 heterocycles. The molecule has 4 aliphatic rings. The number of fused-ring (bicyclic) bond motifs is 2. The lowest BCUT2D eigenvalue weighted by Crippen LogP contribution is -2.43. The highest BCUT2D eigenvalue weighted by Crippen LogP contribution is 2.30. The number of hydrogen-bond acceptors (Lipinski definition) is 7. The number of piperidine rings is 1. The number of piperazine rings is 1. The Balaban J connectivity index is 1.09. The van der Waals surface area contributed by atoms with Gasteiger partial charge in [-0.1, -0.05) is 12.5 Å². The first-order valence-electron chi connectivity index (χ1n) is 14.8. The second-order valence-corrected chi connectivity index (χ2v) is 11.9. The average molecular weight is 551 g/mol. The van der Waals surface area contributed by atoms with Crippen molar-refractivity contribution >= 4 is 16.8 Å². The number of nitrogens with zero attached hydrogens (tertiary/aromatic N) is 6. The van der Waals surface area contributed by atoms with Crippen LogP contribution in [0, 0.1) is 0 Å². The molecule has 4 aliphatic heterocycles. The number of carbonyl (C=O) groups excluding carboxylic acids is 1. The molecule has 9 heteroatoms. The second kappa shape index (κ2) is 11.2. The third kappa shape index (κ3) is 5.98. The van der Waals surface area contributed by atoms with E-state index in [0.29, 0.717) is 5.69 Å². The van der Waals surface area contributed by atoms with Crippen LogP contribution >= 0.6 is 0 Å². The Kier molecular flexibility index (Phi) is 7.16. The molecule has 2 aromatic heterocycles. The van der Waals surface area contributed by atoms with Crippen LogP contribution in [0.5, 0.6) is 0 Å². The number of aromatic amines is 1. The summed E-state index contributed by atoms with van der Waals surface area (Å²) in [4.78, 5) is 27.6. The Bertz CT molecular complexity index is 1540. The molecule has 0 bridgehead atoms. The summed E-state index contributed by atoms with van der Waals surface area (Å²) in [6.45, 7) is 9.35. The standard InChI is InChI=1S/C32H38N8O/c1-37-9-11-39(12-10-37)20-24-13-26(18-33-17-24)25-5-6-30-29(16-25)31(36-35-30)32(41)34-27-14-23(15-28-22-40(28)21-27)19-38-7-3-2-4-8-38/h5-6,13-18,21H,2-4,7-12,19-20,22H2,1H3,(H,34,41)(H,35,36). The Hall–Kier alpha value is -3.79.